The summed E-state index contributed by atoms with van der Waals surface area (Å²) in [6.07, 6.45) is -0.244. The van der Waals surface area contributed by atoms with E-state index in [1.54, 1.807) is 13.0 Å². The van der Waals surface area contributed by atoms with Crippen LogP contribution in [0, 0.1) is 5.92 Å². The van der Waals surface area contributed by atoms with E-state index >= 15 is 0 Å². The van der Waals surface area contributed by atoms with Crippen LogP contribution in [0.1, 0.15) is 65.9 Å². The number of hydrogen-bond donors (Lipinski definition) is 1. The van der Waals surface area contributed by atoms with Crippen LogP contribution >= 0.6 is 0 Å². The average molecular weight is 526 g/mol. The van der Waals surface area contributed by atoms with Crippen molar-refractivity contribution in [2.24, 2.45) is 11.7 Å². The van der Waals surface area contributed by atoms with Crippen molar-refractivity contribution < 1.29 is 47.6 Å². The lowest BCUT2D eigenvalue weighted by Crippen LogP contribution is -2.37. The van der Waals surface area contributed by atoms with E-state index in [4.69, 9.17) is 34.2 Å². The van der Waals surface area contributed by atoms with Crippen LogP contribution in [0.15, 0.2) is 18.2 Å². The van der Waals surface area contributed by atoms with Crippen molar-refractivity contribution in [3.05, 3.63) is 23.8 Å². The Morgan fingerprint density at radius 3 is 2.03 bits per heavy atom. The van der Waals surface area contributed by atoms with E-state index < -0.39 is 30.4 Å². The second-order valence-corrected chi connectivity index (χ2v) is 8.64. The molecule has 0 aliphatic heterocycles. The molecule has 11 heteroatoms. The molecule has 1 unspecified atom stereocenters. The Labute approximate surface area is 217 Å². The molecule has 2 N–H and O–H groups in total. The molecule has 0 spiro atoms. The Bertz CT molecular complexity index is 888. The molecule has 1 aromatic carbocycles. The maximum Gasteiger partial charge on any atom is 0.513 e. The summed E-state index contributed by atoms with van der Waals surface area (Å²) < 4.78 is 30.6. The molecule has 1 rings (SSSR count). The highest BCUT2D eigenvalue weighted by atomic mass is 16.7. The van der Waals surface area contributed by atoms with Crippen LogP contribution in [0.5, 0.6) is 11.5 Å². The van der Waals surface area contributed by atoms with Crippen LogP contribution in [0.4, 0.5) is 9.59 Å². The molecule has 0 radical (unpaired) electrons. The average Bonchev–Trinajstić information content (AvgIpc) is 2.86. The Kier molecular flexibility index (Phi) is 14.7. The summed E-state index contributed by atoms with van der Waals surface area (Å²) in [4.78, 5) is 48.1. The molecule has 11 nitrogen and oxygen atoms in total. The van der Waals surface area contributed by atoms with Gasteiger partial charge >= 0.3 is 24.2 Å². The van der Waals surface area contributed by atoms with E-state index in [-0.39, 0.29) is 49.6 Å². The third kappa shape index (κ3) is 13.0. The molecule has 0 amide bonds. The number of ether oxygens (including phenoxy) is 6. The lowest BCUT2D eigenvalue weighted by Gasteiger charge is -2.18. The lowest BCUT2D eigenvalue weighted by atomic mass is 10.1. The Hall–Kier alpha value is -3.34. The smallest absolute Gasteiger partial charge is 0.462 e. The van der Waals surface area contributed by atoms with Crippen LogP contribution in [0.25, 0.3) is 0 Å². The summed E-state index contributed by atoms with van der Waals surface area (Å²) in [7, 11) is 0. The molecular formula is C26H39NO10. The van der Waals surface area contributed by atoms with Crippen molar-refractivity contribution in [3.63, 3.8) is 0 Å². The van der Waals surface area contributed by atoms with E-state index in [1.165, 1.54) is 12.1 Å². The van der Waals surface area contributed by atoms with Crippen LogP contribution in [-0.4, -0.2) is 56.2 Å². The number of esters is 2. The minimum Gasteiger partial charge on any atom is -0.462 e. The minimum atomic E-state index is -1.06. The number of carbonyl (C=O) groups excluding carboxylic acids is 4. The van der Waals surface area contributed by atoms with Gasteiger partial charge in [0.05, 0.1) is 13.2 Å². The second-order valence-electron chi connectivity index (χ2n) is 8.64. The van der Waals surface area contributed by atoms with Gasteiger partial charge in [-0.05, 0) is 49.8 Å². The van der Waals surface area contributed by atoms with Crippen LogP contribution in [-0.2, 0) is 35.0 Å². The fourth-order valence-corrected chi connectivity index (χ4v) is 2.81. The first-order chi connectivity index (χ1) is 17.6. The molecule has 0 saturated heterocycles. The molecule has 0 aromatic heterocycles. The van der Waals surface area contributed by atoms with Gasteiger partial charge in [0.1, 0.15) is 18.8 Å². The predicted molar refractivity (Wildman–Crippen MR) is 133 cm³/mol. The maximum absolute atomic E-state index is 12.4. The highest BCUT2D eigenvalue weighted by molar-refractivity contribution is 5.76. The summed E-state index contributed by atoms with van der Waals surface area (Å²) in [6, 6.07) is 3.30. The van der Waals surface area contributed by atoms with Crippen molar-refractivity contribution in [2.45, 2.75) is 78.9 Å². The molecule has 0 fully saturated rings. The van der Waals surface area contributed by atoms with E-state index in [2.05, 4.69) is 0 Å². The number of carbonyl (C=O) groups is 4. The molecule has 0 saturated carbocycles. The van der Waals surface area contributed by atoms with E-state index in [0.29, 0.717) is 24.8 Å². The molecular weight excluding hydrogens is 486 g/mol. The normalized spacial score (nSPS) is 13.0. The Balaban J connectivity index is 2.80. The SMILES string of the molecule is CCCOC(=O)Oc1ccc(C[C@H](N)C(=O)O[C@@H](C)COC(=O)CC(C)CC)cc1OC(=O)OCCC. The van der Waals surface area contributed by atoms with E-state index in [9.17, 15) is 19.2 Å². The molecule has 3 atom stereocenters. The highest BCUT2D eigenvalue weighted by Gasteiger charge is 2.22. The zero-order valence-electron chi connectivity index (χ0n) is 22.3. The first kappa shape index (κ1) is 31.7. The fraction of sp³-hybridized carbons (Fsp3) is 0.615. The summed E-state index contributed by atoms with van der Waals surface area (Å²) in [5, 5.41) is 0. The fourth-order valence-electron chi connectivity index (χ4n) is 2.81. The molecule has 1 aromatic rings. The van der Waals surface area contributed by atoms with Gasteiger partial charge in [-0.2, -0.15) is 0 Å². The molecule has 0 aliphatic rings. The quantitative estimate of drug-likeness (QED) is 0.198. The third-order valence-electron chi connectivity index (χ3n) is 5.01. The van der Waals surface area contributed by atoms with Gasteiger partial charge in [-0.3, -0.25) is 9.59 Å². The predicted octanol–water partition coefficient (Wildman–Crippen LogP) is 4.32. The van der Waals surface area contributed by atoms with Gasteiger partial charge in [0.25, 0.3) is 0 Å². The lowest BCUT2D eigenvalue weighted by molar-refractivity contribution is -0.159. The number of rotatable bonds is 15. The first-order valence-corrected chi connectivity index (χ1v) is 12.5. The summed E-state index contributed by atoms with van der Waals surface area (Å²) in [6.45, 7) is 9.42. The van der Waals surface area contributed by atoms with Gasteiger partial charge in [-0.1, -0.05) is 40.2 Å². The Morgan fingerprint density at radius 1 is 0.865 bits per heavy atom. The summed E-state index contributed by atoms with van der Waals surface area (Å²) >= 11 is 0. The second kappa shape index (κ2) is 17.2. The molecule has 0 bridgehead atoms. The molecule has 208 valence electrons. The largest absolute Gasteiger partial charge is 0.513 e. The molecule has 37 heavy (non-hydrogen) atoms. The summed E-state index contributed by atoms with van der Waals surface area (Å²) in [5.41, 5.74) is 6.51. The van der Waals surface area contributed by atoms with Crippen molar-refractivity contribution >= 4 is 24.2 Å². The maximum atomic E-state index is 12.4. The monoisotopic (exact) mass is 525 g/mol. The van der Waals surface area contributed by atoms with Gasteiger partial charge in [-0.15, -0.1) is 0 Å². The van der Waals surface area contributed by atoms with Gasteiger partial charge in [0, 0.05) is 6.42 Å². The standard InChI is InChI=1S/C26H39NO10/c1-6-11-32-25(30)36-21-10-9-19(15-22(21)37-26(31)33-12-7-2)14-20(27)24(29)35-18(5)16-34-23(28)13-17(4)8-3/h9-10,15,17-18,20H,6-8,11-14,16,27H2,1-5H3/t17?,18-,20-/m0/s1. The zero-order chi connectivity index (χ0) is 27.8. The minimum absolute atomic E-state index is 0.0281. The van der Waals surface area contributed by atoms with Gasteiger partial charge in [0.2, 0.25) is 0 Å². The third-order valence-corrected chi connectivity index (χ3v) is 5.01. The van der Waals surface area contributed by atoms with Crippen LogP contribution in [0.2, 0.25) is 0 Å². The first-order valence-electron chi connectivity index (χ1n) is 12.5. The molecule has 0 aliphatic carbocycles. The van der Waals surface area contributed by atoms with Crippen molar-refractivity contribution in [1.29, 1.82) is 0 Å². The van der Waals surface area contributed by atoms with Crippen LogP contribution < -0.4 is 15.2 Å². The summed E-state index contributed by atoms with van der Waals surface area (Å²) in [5.74, 6) is -1.01. The van der Waals surface area contributed by atoms with Crippen molar-refractivity contribution in [2.75, 3.05) is 19.8 Å². The number of benzene rings is 1. The number of nitrogens with two attached hydrogens (primary N) is 1. The van der Waals surface area contributed by atoms with E-state index in [0.717, 1.165) is 6.42 Å². The van der Waals surface area contributed by atoms with Gasteiger partial charge < -0.3 is 34.2 Å². The zero-order valence-corrected chi connectivity index (χ0v) is 22.3. The van der Waals surface area contributed by atoms with Gasteiger partial charge in [0.15, 0.2) is 11.5 Å². The highest BCUT2D eigenvalue weighted by Crippen LogP contribution is 2.30. The van der Waals surface area contributed by atoms with Crippen LogP contribution in [0.3, 0.4) is 0 Å². The number of hydrogen-bond acceptors (Lipinski definition) is 11. The van der Waals surface area contributed by atoms with Crippen molar-refractivity contribution in [3.8, 4) is 11.5 Å². The van der Waals surface area contributed by atoms with E-state index in [1.807, 2.05) is 27.7 Å². The molecule has 0 heterocycles. The van der Waals surface area contributed by atoms with Crippen molar-refractivity contribution in [1.82, 2.24) is 0 Å². The van der Waals surface area contributed by atoms with Gasteiger partial charge in [-0.25, -0.2) is 9.59 Å². The topological polar surface area (TPSA) is 150 Å². The Morgan fingerprint density at radius 2 is 1.46 bits per heavy atom.